The smallest absolute Gasteiger partial charge is 0.342 e. The number of esters is 1. The first kappa shape index (κ1) is 23.5. The highest BCUT2D eigenvalue weighted by atomic mass is 35.5. The van der Waals surface area contributed by atoms with Crippen LogP contribution in [0.4, 0.5) is 5.69 Å². The van der Waals surface area contributed by atoms with E-state index in [1.807, 2.05) is 24.0 Å². The molecule has 0 spiro atoms. The molecule has 8 nitrogen and oxygen atoms in total. The van der Waals surface area contributed by atoms with Crippen molar-refractivity contribution in [2.45, 2.75) is 25.7 Å². The normalized spacial score (nSPS) is 15.1. The summed E-state index contributed by atoms with van der Waals surface area (Å²) < 4.78 is 38.1. The Labute approximate surface area is 192 Å². The van der Waals surface area contributed by atoms with Crippen LogP contribution in [0.15, 0.2) is 27.5 Å². The number of piperazine rings is 1. The molecule has 168 valence electrons. The molecule has 1 N–H and O–H groups in total. The first-order valence-electron chi connectivity index (χ1n) is 9.56. The highest BCUT2D eigenvalue weighted by molar-refractivity contribution is 7.89. The number of thiocarbonyl (C=S) groups is 1. The summed E-state index contributed by atoms with van der Waals surface area (Å²) in [5, 5.41) is 4.26. The fourth-order valence-corrected chi connectivity index (χ4v) is 5.72. The molecular formula is C20H24ClN3O5S2. The van der Waals surface area contributed by atoms with Gasteiger partial charge in [0.15, 0.2) is 5.11 Å². The third-order valence-corrected chi connectivity index (χ3v) is 7.96. The number of hydrogen-bond acceptors (Lipinski definition) is 6. The summed E-state index contributed by atoms with van der Waals surface area (Å²) in [6, 6.07) is 5.57. The minimum atomic E-state index is -3.95. The number of furan rings is 1. The number of sulfonamides is 1. The van der Waals surface area contributed by atoms with Crippen LogP contribution in [0, 0.1) is 20.8 Å². The minimum absolute atomic E-state index is 0.0594. The molecule has 0 atom stereocenters. The number of nitrogens with zero attached hydrogens (tertiary/aromatic N) is 2. The second-order valence-electron chi connectivity index (χ2n) is 7.20. The number of halogens is 1. The lowest BCUT2D eigenvalue weighted by Crippen LogP contribution is -2.51. The van der Waals surface area contributed by atoms with Gasteiger partial charge in [-0.3, -0.25) is 0 Å². The number of ether oxygens (including phenoxy) is 1. The van der Waals surface area contributed by atoms with E-state index in [0.29, 0.717) is 23.2 Å². The molecule has 0 aliphatic carbocycles. The van der Waals surface area contributed by atoms with Crippen molar-refractivity contribution in [1.29, 1.82) is 0 Å². The molecule has 2 aromatic rings. The number of rotatable bonds is 4. The van der Waals surface area contributed by atoms with Crippen LogP contribution in [0.5, 0.6) is 0 Å². The molecule has 0 unspecified atom stereocenters. The van der Waals surface area contributed by atoms with Crippen LogP contribution in [0.1, 0.15) is 27.4 Å². The average molecular weight is 486 g/mol. The molecule has 0 bridgehead atoms. The van der Waals surface area contributed by atoms with Gasteiger partial charge in [0.25, 0.3) is 0 Å². The quantitative estimate of drug-likeness (QED) is 0.520. The largest absolute Gasteiger partial charge is 0.465 e. The van der Waals surface area contributed by atoms with Crippen molar-refractivity contribution in [3.8, 4) is 0 Å². The molecule has 1 aromatic carbocycles. The van der Waals surface area contributed by atoms with E-state index in [0.717, 1.165) is 11.3 Å². The van der Waals surface area contributed by atoms with E-state index in [-0.39, 0.29) is 35.1 Å². The van der Waals surface area contributed by atoms with Gasteiger partial charge in [-0.05, 0) is 50.7 Å². The molecule has 11 heteroatoms. The van der Waals surface area contributed by atoms with Crippen LogP contribution >= 0.6 is 23.8 Å². The van der Waals surface area contributed by atoms with Crippen LogP contribution < -0.4 is 5.32 Å². The third-order valence-electron chi connectivity index (χ3n) is 5.14. The summed E-state index contributed by atoms with van der Waals surface area (Å²) in [6.07, 6.45) is 0. The van der Waals surface area contributed by atoms with Crippen molar-refractivity contribution < 1.29 is 22.4 Å². The number of carbonyl (C=O) groups is 1. The van der Waals surface area contributed by atoms with Crippen LogP contribution in [-0.2, 0) is 14.8 Å². The van der Waals surface area contributed by atoms with Crippen LogP contribution in [0.2, 0.25) is 5.02 Å². The number of aryl methyl sites for hydroxylation is 3. The molecule has 3 rings (SSSR count). The van der Waals surface area contributed by atoms with E-state index >= 15 is 0 Å². The molecule has 2 heterocycles. The Morgan fingerprint density at radius 3 is 2.39 bits per heavy atom. The van der Waals surface area contributed by atoms with Crippen molar-refractivity contribution in [2.24, 2.45) is 0 Å². The Hall–Kier alpha value is -2.14. The number of carbonyl (C=O) groups excluding carboxylic acids is 1. The van der Waals surface area contributed by atoms with Crippen molar-refractivity contribution in [3.05, 3.63) is 45.9 Å². The van der Waals surface area contributed by atoms with Gasteiger partial charge in [-0.15, -0.1) is 0 Å². The highest BCUT2D eigenvalue weighted by Gasteiger charge is 2.37. The first-order valence-corrected chi connectivity index (χ1v) is 11.8. The number of anilines is 1. The Kier molecular flexibility index (Phi) is 6.95. The van der Waals surface area contributed by atoms with Crippen molar-refractivity contribution in [3.63, 3.8) is 0 Å². The molecule has 1 saturated heterocycles. The lowest BCUT2D eigenvalue weighted by molar-refractivity contribution is 0.0594. The molecule has 0 radical (unpaired) electrons. The SMILES string of the molecule is COC(=O)c1c(C)oc(C)c1S(=O)(=O)N1CCN(C(=S)Nc2ccc(C)c(Cl)c2)CC1. The molecule has 1 aliphatic heterocycles. The molecule has 1 aliphatic rings. The number of hydrogen-bond donors (Lipinski definition) is 1. The fourth-order valence-electron chi connectivity index (χ4n) is 3.45. The van der Waals surface area contributed by atoms with Crippen molar-refractivity contribution >= 4 is 50.6 Å². The summed E-state index contributed by atoms with van der Waals surface area (Å²) in [6.45, 7) is 6.19. The minimum Gasteiger partial charge on any atom is -0.465 e. The molecule has 31 heavy (non-hydrogen) atoms. The molecule has 0 amide bonds. The van der Waals surface area contributed by atoms with Gasteiger partial charge in [-0.2, -0.15) is 4.31 Å². The van der Waals surface area contributed by atoms with E-state index in [2.05, 4.69) is 5.32 Å². The maximum absolute atomic E-state index is 13.3. The van der Waals surface area contributed by atoms with Gasteiger partial charge in [0, 0.05) is 36.9 Å². The third kappa shape index (κ3) is 4.72. The predicted octanol–water partition coefficient (Wildman–Crippen LogP) is 3.35. The summed E-state index contributed by atoms with van der Waals surface area (Å²) in [5.74, 6) is -0.369. The second kappa shape index (κ2) is 9.15. The predicted molar refractivity (Wildman–Crippen MR) is 122 cm³/mol. The second-order valence-corrected chi connectivity index (χ2v) is 9.86. The maximum atomic E-state index is 13.3. The van der Waals surface area contributed by atoms with Crippen molar-refractivity contribution in [2.75, 3.05) is 38.6 Å². The molecule has 1 aromatic heterocycles. The summed E-state index contributed by atoms with van der Waals surface area (Å²) in [5.41, 5.74) is 1.67. The van der Waals surface area contributed by atoms with Gasteiger partial charge in [0.2, 0.25) is 10.0 Å². The Morgan fingerprint density at radius 1 is 1.16 bits per heavy atom. The first-order chi connectivity index (χ1) is 14.6. The molecule has 0 saturated carbocycles. The summed E-state index contributed by atoms with van der Waals surface area (Å²) in [4.78, 5) is 13.9. The zero-order valence-electron chi connectivity index (χ0n) is 17.7. The highest BCUT2D eigenvalue weighted by Crippen LogP contribution is 2.30. The van der Waals surface area contributed by atoms with E-state index in [1.54, 1.807) is 6.07 Å². The summed E-state index contributed by atoms with van der Waals surface area (Å²) in [7, 11) is -2.74. The van der Waals surface area contributed by atoms with E-state index in [9.17, 15) is 13.2 Å². The van der Waals surface area contributed by atoms with Gasteiger partial charge >= 0.3 is 5.97 Å². The lowest BCUT2D eigenvalue weighted by atomic mass is 10.2. The van der Waals surface area contributed by atoms with Gasteiger partial charge in [-0.25, -0.2) is 13.2 Å². The van der Waals surface area contributed by atoms with Crippen LogP contribution in [0.3, 0.4) is 0 Å². The molecule has 1 fully saturated rings. The van der Waals surface area contributed by atoms with Crippen LogP contribution in [-0.4, -0.2) is 62.0 Å². The van der Waals surface area contributed by atoms with Gasteiger partial charge in [0.1, 0.15) is 22.0 Å². The van der Waals surface area contributed by atoms with Gasteiger partial charge in [-0.1, -0.05) is 17.7 Å². The standard InChI is InChI=1S/C20H24ClN3O5S2/c1-12-5-6-15(11-16(12)21)22-20(30)23-7-9-24(10-8-23)31(26,27)18-14(3)29-13(2)17(18)19(25)28-4/h5-6,11H,7-10H2,1-4H3,(H,22,30). The van der Waals surface area contributed by atoms with Gasteiger partial charge in [0.05, 0.1) is 7.11 Å². The topological polar surface area (TPSA) is 92.1 Å². The van der Waals surface area contributed by atoms with Crippen LogP contribution in [0.25, 0.3) is 0 Å². The van der Waals surface area contributed by atoms with Crippen molar-refractivity contribution in [1.82, 2.24) is 9.21 Å². The van der Waals surface area contributed by atoms with E-state index in [4.69, 9.17) is 33.0 Å². The zero-order valence-corrected chi connectivity index (χ0v) is 20.1. The maximum Gasteiger partial charge on any atom is 0.342 e. The molecular weight excluding hydrogens is 462 g/mol. The fraction of sp³-hybridized carbons (Fsp3) is 0.400. The summed E-state index contributed by atoms with van der Waals surface area (Å²) >= 11 is 11.6. The zero-order chi connectivity index (χ0) is 22.9. The average Bonchev–Trinajstić information content (AvgIpc) is 3.04. The van der Waals surface area contributed by atoms with Gasteiger partial charge < -0.3 is 19.4 Å². The lowest BCUT2D eigenvalue weighted by Gasteiger charge is -2.35. The number of methoxy groups -OCH3 is 1. The Bertz CT molecular complexity index is 1120. The monoisotopic (exact) mass is 485 g/mol. The Morgan fingerprint density at radius 2 is 1.81 bits per heavy atom. The Balaban J connectivity index is 1.72. The van der Waals surface area contributed by atoms with E-state index in [1.165, 1.54) is 25.3 Å². The number of benzene rings is 1. The van der Waals surface area contributed by atoms with E-state index < -0.39 is 16.0 Å². The number of nitrogens with one attached hydrogen (secondary N) is 1.